The molecule has 0 unspecified atom stereocenters. The minimum atomic E-state index is -0.577. The number of nitrogens with one attached hydrogen (secondary N) is 1. The summed E-state index contributed by atoms with van der Waals surface area (Å²) in [6.45, 7) is 1.29. The zero-order chi connectivity index (χ0) is 14.0. The van der Waals surface area contributed by atoms with Crippen molar-refractivity contribution in [2.45, 2.75) is 6.92 Å². The van der Waals surface area contributed by atoms with E-state index in [2.05, 4.69) is 15.3 Å². The van der Waals surface area contributed by atoms with Crippen LogP contribution in [0.1, 0.15) is 17.3 Å². The average molecular weight is 281 g/mol. The Balaban J connectivity index is 2.36. The third-order valence-corrected chi connectivity index (χ3v) is 2.74. The lowest BCUT2D eigenvalue weighted by atomic mass is 10.1. The normalized spacial score (nSPS) is 10.3. The first-order chi connectivity index (χ1) is 8.99. The summed E-state index contributed by atoms with van der Waals surface area (Å²) in [5, 5.41) is 2.97. The van der Waals surface area contributed by atoms with Crippen LogP contribution in [0.2, 0.25) is 5.15 Å². The minimum absolute atomic E-state index is 0.0104. The molecule has 0 fully saturated rings. The van der Waals surface area contributed by atoms with Crippen LogP contribution in [0.3, 0.4) is 0 Å². The number of nitrogens with zero attached hydrogens (tertiary/aromatic N) is 2. The summed E-state index contributed by atoms with van der Waals surface area (Å²) in [5.41, 5.74) is 6.35. The first-order valence-corrected chi connectivity index (χ1v) is 5.70. The van der Waals surface area contributed by atoms with Crippen LogP contribution in [0.4, 0.5) is 21.6 Å². The molecule has 2 aromatic rings. The molecule has 7 heteroatoms. The van der Waals surface area contributed by atoms with Crippen LogP contribution in [0.5, 0.6) is 0 Å². The van der Waals surface area contributed by atoms with Crippen molar-refractivity contribution in [1.29, 1.82) is 0 Å². The van der Waals surface area contributed by atoms with Gasteiger partial charge in [0.2, 0.25) is 0 Å². The minimum Gasteiger partial charge on any atom is -0.393 e. The number of anilines is 3. The van der Waals surface area contributed by atoms with E-state index in [1.54, 1.807) is 0 Å². The number of Topliss-reactive ketones (excluding diaryl/α,β-unsaturated/α-hetero) is 1. The van der Waals surface area contributed by atoms with Crippen LogP contribution in [0.25, 0.3) is 0 Å². The standard InChI is InChI=1S/C12H10ClFN4O/c1-6(19)8-4-7(2-3-9(8)14)18-12-10(15)11(13)16-5-17-12/h2-5H,15H2,1H3,(H,16,17,18). The predicted octanol–water partition coefficient (Wildman–Crippen LogP) is 2.80. The second-order valence-corrected chi connectivity index (χ2v) is 4.16. The van der Waals surface area contributed by atoms with Crippen molar-refractivity contribution >= 4 is 34.6 Å². The largest absolute Gasteiger partial charge is 0.393 e. The van der Waals surface area contributed by atoms with Gasteiger partial charge in [0.1, 0.15) is 17.8 Å². The second-order valence-electron chi connectivity index (χ2n) is 3.80. The number of benzene rings is 1. The van der Waals surface area contributed by atoms with Gasteiger partial charge in [0.05, 0.1) is 5.56 Å². The lowest BCUT2D eigenvalue weighted by molar-refractivity contribution is 0.101. The van der Waals surface area contributed by atoms with Crippen LogP contribution in [0.15, 0.2) is 24.5 Å². The van der Waals surface area contributed by atoms with E-state index in [-0.39, 0.29) is 22.2 Å². The molecule has 0 amide bonds. The Labute approximate surface area is 113 Å². The number of hydrogen-bond donors (Lipinski definition) is 2. The van der Waals surface area contributed by atoms with Gasteiger partial charge >= 0.3 is 0 Å². The highest BCUT2D eigenvalue weighted by molar-refractivity contribution is 6.32. The number of rotatable bonds is 3. The fraction of sp³-hybridized carbons (Fsp3) is 0.0833. The van der Waals surface area contributed by atoms with E-state index in [1.807, 2.05) is 0 Å². The average Bonchev–Trinajstić information content (AvgIpc) is 2.37. The third kappa shape index (κ3) is 2.79. The molecular formula is C12H10ClFN4O. The molecule has 1 aromatic heterocycles. The quantitative estimate of drug-likeness (QED) is 0.667. The summed E-state index contributed by atoms with van der Waals surface area (Å²) in [6.07, 6.45) is 1.25. The maximum Gasteiger partial charge on any atom is 0.162 e. The summed E-state index contributed by atoms with van der Waals surface area (Å²) in [4.78, 5) is 18.9. The summed E-state index contributed by atoms with van der Waals surface area (Å²) < 4.78 is 13.4. The molecule has 0 saturated heterocycles. The summed E-state index contributed by atoms with van der Waals surface area (Å²) in [5.74, 6) is -0.650. The molecule has 0 saturated carbocycles. The Bertz CT molecular complexity index is 648. The highest BCUT2D eigenvalue weighted by Gasteiger charge is 2.10. The third-order valence-electron chi connectivity index (χ3n) is 2.44. The lowest BCUT2D eigenvalue weighted by Crippen LogP contribution is -2.03. The van der Waals surface area contributed by atoms with Crippen LogP contribution in [0, 0.1) is 5.82 Å². The fourth-order valence-corrected chi connectivity index (χ4v) is 1.62. The van der Waals surface area contributed by atoms with Gasteiger partial charge in [-0.3, -0.25) is 4.79 Å². The van der Waals surface area contributed by atoms with E-state index in [4.69, 9.17) is 17.3 Å². The Morgan fingerprint density at radius 2 is 2.16 bits per heavy atom. The van der Waals surface area contributed by atoms with Crippen molar-refractivity contribution in [3.05, 3.63) is 41.1 Å². The van der Waals surface area contributed by atoms with Gasteiger partial charge in [-0.25, -0.2) is 14.4 Å². The van der Waals surface area contributed by atoms with Gasteiger partial charge in [-0.2, -0.15) is 0 Å². The topological polar surface area (TPSA) is 80.9 Å². The van der Waals surface area contributed by atoms with Crippen LogP contribution >= 0.6 is 11.6 Å². The van der Waals surface area contributed by atoms with Crippen LogP contribution in [-0.4, -0.2) is 15.8 Å². The molecule has 2 rings (SSSR count). The number of ketones is 1. The van der Waals surface area contributed by atoms with E-state index >= 15 is 0 Å². The van der Waals surface area contributed by atoms with Gasteiger partial charge < -0.3 is 11.1 Å². The molecule has 0 aliphatic rings. The molecular weight excluding hydrogens is 271 g/mol. The van der Waals surface area contributed by atoms with Crippen molar-refractivity contribution in [2.75, 3.05) is 11.1 Å². The van der Waals surface area contributed by atoms with E-state index in [1.165, 1.54) is 31.5 Å². The van der Waals surface area contributed by atoms with Crippen LogP contribution in [-0.2, 0) is 0 Å². The molecule has 0 atom stereocenters. The number of hydrogen-bond acceptors (Lipinski definition) is 5. The Hall–Kier alpha value is -2.21. The Morgan fingerprint density at radius 1 is 1.42 bits per heavy atom. The molecule has 5 nitrogen and oxygen atoms in total. The smallest absolute Gasteiger partial charge is 0.162 e. The molecule has 1 heterocycles. The molecule has 0 aliphatic carbocycles. The van der Waals surface area contributed by atoms with Crippen molar-refractivity contribution in [3.63, 3.8) is 0 Å². The molecule has 0 spiro atoms. The number of carbonyl (C=O) groups excluding carboxylic acids is 1. The molecule has 0 aliphatic heterocycles. The van der Waals surface area contributed by atoms with E-state index in [9.17, 15) is 9.18 Å². The van der Waals surface area contributed by atoms with Crippen molar-refractivity contribution in [3.8, 4) is 0 Å². The lowest BCUT2D eigenvalue weighted by Gasteiger charge is -2.09. The van der Waals surface area contributed by atoms with Crippen molar-refractivity contribution < 1.29 is 9.18 Å². The number of aromatic nitrogens is 2. The van der Waals surface area contributed by atoms with Gasteiger partial charge in [-0.1, -0.05) is 11.6 Å². The van der Waals surface area contributed by atoms with E-state index in [0.29, 0.717) is 11.5 Å². The van der Waals surface area contributed by atoms with Crippen molar-refractivity contribution in [1.82, 2.24) is 9.97 Å². The first-order valence-electron chi connectivity index (χ1n) is 5.32. The van der Waals surface area contributed by atoms with Crippen molar-refractivity contribution in [2.24, 2.45) is 0 Å². The van der Waals surface area contributed by atoms with Gasteiger partial charge in [0.25, 0.3) is 0 Å². The predicted molar refractivity (Wildman–Crippen MR) is 71.1 cm³/mol. The van der Waals surface area contributed by atoms with Gasteiger partial charge in [0.15, 0.2) is 16.8 Å². The monoisotopic (exact) mass is 280 g/mol. The number of carbonyl (C=O) groups is 1. The Morgan fingerprint density at radius 3 is 2.84 bits per heavy atom. The molecule has 0 bridgehead atoms. The number of halogens is 2. The van der Waals surface area contributed by atoms with E-state index < -0.39 is 5.82 Å². The Kier molecular flexibility index (Phi) is 3.62. The van der Waals surface area contributed by atoms with Gasteiger partial charge in [-0.05, 0) is 25.1 Å². The number of nitrogen functional groups attached to an aromatic ring is 1. The molecule has 1 aromatic carbocycles. The maximum atomic E-state index is 13.4. The fourth-order valence-electron chi connectivity index (χ4n) is 1.48. The second kappa shape index (κ2) is 5.19. The zero-order valence-electron chi connectivity index (χ0n) is 9.95. The summed E-state index contributed by atoms with van der Waals surface area (Å²) in [7, 11) is 0. The molecule has 19 heavy (non-hydrogen) atoms. The highest BCUT2D eigenvalue weighted by atomic mass is 35.5. The summed E-state index contributed by atoms with van der Waals surface area (Å²) in [6, 6.07) is 4.04. The van der Waals surface area contributed by atoms with E-state index in [0.717, 1.165) is 0 Å². The molecule has 98 valence electrons. The summed E-state index contributed by atoms with van der Waals surface area (Å²) >= 11 is 5.76. The van der Waals surface area contributed by atoms with Gasteiger partial charge in [0, 0.05) is 5.69 Å². The highest BCUT2D eigenvalue weighted by Crippen LogP contribution is 2.26. The van der Waals surface area contributed by atoms with Gasteiger partial charge in [-0.15, -0.1) is 0 Å². The number of nitrogens with two attached hydrogens (primary N) is 1. The molecule has 0 radical (unpaired) electrons. The zero-order valence-corrected chi connectivity index (χ0v) is 10.7. The molecule has 3 N–H and O–H groups in total. The maximum absolute atomic E-state index is 13.4. The first kappa shape index (κ1) is 13.2. The SMILES string of the molecule is CC(=O)c1cc(Nc2ncnc(Cl)c2N)ccc1F. The van der Waals surface area contributed by atoms with Crippen LogP contribution < -0.4 is 11.1 Å².